The molecule has 10 fully saturated rings. The SMILES string of the molecule is CCCCCCCCOC1CCC(N(C2CCC(C)CC2)C2CC(C3CCCCC3)C3CCC4C5C(CCC2C35)C(C2CCCCC2)CC4N(C2CCC(C)CC2)C2CCC(OCCCCCCCC)CC2)CC1. The third-order valence-corrected chi connectivity index (χ3v) is 25.1. The van der Waals surface area contributed by atoms with Crippen molar-refractivity contribution in [1.29, 1.82) is 0 Å². The van der Waals surface area contributed by atoms with Crippen molar-refractivity contribution in [2.75, 3.05) is 13.2 Å². The molecule has 10 saturated carbocycles. The molecular formula is C70H124N2O2. The summed E-state index contributed by atoms with van der Waals surface area (Å²) < 4.78 is 13.6. The van der Waals surface area contributed by atoms with Crippen molar-refractivity contribution >= 4 is 0 Å². The highest BCUT2D eigenvalue weighted by atomic mass is 16.5. The molecule has 0 aliphatic heterocycles. The van der Waals surface area contributed by atoms with Crippen LogP contribution >= 0.6 is 0 Å². The van der Waals surface area contributed by atoms with E-state index in [2.05, 4.69) is 37.5 Å². The Morgan fingerprint density at radius 3 is 1.00 bits per heavy atom. The summed E-state index contributed by atoms with van der Waals surface area (Å²) in [6.07, 6.45) is 65.3. The Morgan fingerprint density at radius 1 is 0.311 bits per heavy atom. The smallest absolute Gasteiger partial charge is 0.0576 e. The van der Waals surface area contributed by atoms with Gasteiger partial charge in [-0.2, -0.15) is 0 Å². The molecule has 74 heavy (non-hydrogen) atoms. The van der Waals surface area contributed by atoms with Gasteiger partial charge in [0.1, 0.15) is 0 Å². The van der Waals surface area contributed by atoms with Crippen molar-refractivity contribution < 1.29 is 9.47 Å². The minimum Gasteiger partial charge on any atom is -0.378 e. The molecular weight excluding hydrogens is 901 g/mol. The molecule has 0 spiro atoms. The highest BCUT2D eigenvalue weighted by molar-refractivity contribution is 5.14. The lowest BCUT2D eigenvalue weighted by atomic mass is 9.41. The van der Waals surface area contributed by atoms with Crippen molar-refractivity contribution in [3.05, 3.63) is 0 Å². The van der Waals surface area contributed by atoms with Crippen LogP contribution in [0.4, 0.5) is 0 Å². The highest BCUT2D eigenvalue weighted by Crippen LogP contribution is 2.67. The van der Waals surface area contributed by atoms with Crippen molar-refractivity contribution in [1.82, 2.24) is 9.80 Å². The molecule has 10 aliphatic rings. The minimum absolute atomic E-state index is 0.522. The molecule has 10 atom stereocenters. The predicted octanol–water partition coefficient (Wildman–Crippen LogP) is 19.3. The summed E-state index contributed by atoms with van der Waals surface area (Å²) in [7, 11) is 0. The van der Waals surface area contributed by atoms with E-state index < -0.39 is 0 Å². The van der Waals surface area contributed by atoms with Crippen molar-refractivity contribution in [3.63, 3.8) is 0 Å². The quantitative estimate of drug-likeness (QED) is 0.0900. The van der Waals surface area contributed by atoms with Gasteiger partial charge in [0, 0.05) is 49.5 Å². The number of rotatable bonds is 24. The molecule has 10 aliphatic carbocycles. The molecule has 4 nitrogen and oxygen atoms in total. The molecule has 0 saturated heterocycles. The Hall–Kier alpha value is -0.160. The summed E-state index contributed by atoms with van der Waals surface area (Å²) in [5, 5.41) is 0. The zero-order valence-electron chi connectivity index (χ0n) is 49.8. The molecule has 0 amide bonds. The van der Waals surface area contributed by atoms with Crippen LogP contribution in [0.5, 0.6) is 0 Å². The lowest BCUT2D eigenvalue weighted by molar-refractivity contribution is -0.190. The van der Waals surface area contributed by atoms with Crippen LogP contribution < -0.4 is 0 Å². The van der Waals surface area contributed by atoms with Crippen LogP contribution in [0.3, 0.4) is 0 Å². The van der Waals surface area contributed by atoms with Crippen LogP contribution in [-0.4, -0.2) is 71.5 Å². The number of nitrogens with zero attached hydrogens (tertiary/aromatic N) is 2. The van der Waals surface area contributed by atoms with Gasteiger partial charge in [0.2, 0.25) is 0 Å². The summed E-state index contributed by atoms with van der Waals surface area (Å²) in [5.41, 5.74) is 0. The van der Waals surface area contributed by atoms with Gasteiger partial charge in [0.25, 0.3) is 0 Å². The van der Waals surface area contributed by atoms with E-state index >= 15 is 0 Å². The Labute approximate surface area is 460 Å². The van der Waals surface area contributed by atoms with Gasteiger partial charge >= 0.3 is 0 Å². The van der Waals surface area contributed by atoms with Crippen molar-refractivity contribution in [2.45, 2.75) is 359 Å². The van der Waals surface area contributed by atoms with E-state index in [0.717, 1.165) is 120 Å². The first kappa shape index (κ1) is 57.1. The third kappa shape index (κ3) is 14.1. The monoisotopic (exact) mass is 1020 g/mol. The standard InChI is InChI=1S/C70H124N2O2/c1-5-7-9-11-13-21-47-73-59-39-35-57(36-40-59)71(55-31-27-51(3)28-32-55)67-49-65(53-23-17-15-18-24-53)61-44-46-64-68(50-66(54-25-19-16-20-26-54)62-43-45-63(67)69(61)70(62)64)72(56-33-29-52(4)30-34-56)58-37-41-60(42-38-58)74-48-22-14-12-10-8-6-2/h51-70H,5-50H2,1-4H3. The fourth-order valence-electron chi connectivity index (χ4n) is 21.4. The lowest BCUT2D eigenvalue weighted by Crippen LogP contribution is -2.67. The van der Waals surface area contributed by atoms with Gasteiger partial charge in [0.05, 0.1) is 12.2 Å². The van der Waals surface area contributed by atoms with Crippen LogP contribution in [0.15, 0.2) is 0 Å². The maximum absolute atomic E-state index is 6.79. The molecule has 0 aromatic rings. The lowest BCUT2D eigenvalue weighted by Gasteiger charge is -2.68. The first-order valence-corrected chi connectivity index (χ1v) is 35.3. The van der Waals surface area contributed by atoms with Gasteiger partial charge in [-0.1, -0.05) is 156 Å². The zero-order chi connectivity index (χ0) is 50.6. The van der Waals surface area contributed by atoms with Crippen LogP contribution in [0.1, 0.15) is 310 Å². The average molecular weight is 1030 g/mol. The van der Waals surface area contributed by atoms with E-state index in [1.165, 1.54) is 218 Å². The Morgan fingerprint density at radius 2 is 0.635 bits per heavy atom. The molecule has 0 aromatic carbocycles. The van der Waals surface area contributed by atoms with Crippen molar-refractivity contribution in [2.24, 2.45) is 71.0 Å². The Balaban J connectivity index is 0.930. The predicted molar refractivity (Wildman–Crippen MR) is 314 cm³/mol. The van der Waals surface area contributed by atoms with Crippen LogP contribution in [0.2, 0.25) is 0 Å². The van der Waals surface area contributed by atoms with Gasteiger partial charge in [-0.25, -0.2) is 0 Å². The first-order chi connectivity index (χ1) is 36.5. The van der Waals surface area contributed by atoms with E-state index in [0.29, 0.717) is 12.2 Å². The molecule has 0 aromatic heterocycles. The number of hydrogen-bond donors (Lipinski definition) is 0. The molecule has 0 bridgehead atoms. The van der Waals surface area contributed by atoms with E-state index in [1.807, 2.05) is 0 Å². The van der Waals surface area contributed by atoms with Crippen LogP contribution in [0, 0.1) is 71.0 Å². The summed E-state index contributed by atoms with van der Waals surface area (Å²) in [6.45, 7) is 11.9. The zero-order valence-corrected chi connectivity index (χ0v) is 49.8. The van der Waals surface area contributed by atoms with Gasteiger partial charge in [-0.05, 0) is 225 Å². The topological polar surface area (TPSA) is 24.9 Å². The second-order valence-electron chi connectivity index (χ2n) is 29.6. The third-order valence-electron chi connectivity index (χ3n) is 25.1. The number of unbranched alkanes of at least 4 members (excludes halogenated alkanes) is 10. The van der Waals surface area contributed by atoms with E-state index in [-0.39, 0.29) is 0 Å². The van der Waals surface area contributed by atoms with Gasteiger partial charge in [-0.3, -0.25) is 9.80 Å². The average Bonchev–Trinajstić information content (AvgIpc) is 3.44. The molecule has 4 heteroatoms. The molecule has 10 unspecified atom stereocenters. The minimum atomic E-state index is 0.522. The Bertz CT molecular complexity index is 1430. The second-order valence-corrected chi connectivity index (χ2v) is 29.6. The molecule has 10 rings (SSSR count). The van der Waals surface area contributed by atoms with E-state index in [9.17, 15) is 0 Å². The molecule has 426 valence electrons. The van der Waals surface area contributed by atoms with Gasteiger partial charge < -0.3 is 9.47 Å². The fourth-order valence-corrected chi connectivity index (χ4v) is 21.4. The Kier molecular flexibility index (Phi) is 22.4. The van der Waals surface area contributed by atoms with Crippen LogP contribution in [-0.2, 0) is 9.47 Å². The largest absolute Gasteiger partial charge is 0.378 e. The number of hydrogen-bond acceptors (Lipinski definition) is 4. The van der Waals surface area contributed by atoms with Crippen LogP contribution in [0.25, 0.3) is 0 Å². The fraction of sp³-hybridized carbons (Fsp3) is 1.00. The maximum atomic E-state index is 6.79. The second kappa shape index (κ2) is 29.0. The first-order valence-electron chi connectivity index (χ1n) is 35.3. The van der Waals surface area contributed by atoms with Gasteiger partial charge in [0.15, 0.2) is 0 Å². The summed E-state index contributed by atoms with van der Waals surface area (Å²) in [5.74, 6) is 11.9. The maximum Gasteiger partial charge on any atom is 0.0576 e. The number of ether oxygens (including phenoxy) is 2. The highest BCUT2D eigenvalue weighted by Gasteiger charge is 2.63. The summed E-state index contributed by atoms with van der Waals surface area (Å²) in [6, 6.07) is 4.98. The van der Waals surface area contributed by atoms with E-state index in [4.69, 9.17) is 9.47 Å². The van der Waals surface area contributed by atoms with E-state index in [1.54, 1.807) is 64.2 Å². The molecule has 0 N–H and O–H groups in total. The summed E-state index contributed by atoms with van der Waals surface area (Å²) in [4.78, 5) is 7.00. The van der Waals surface area contributed by atoms with Gasteiger partial charge in [-0.15, -0.1) is 0 Å². The summed E-state index contributed by atoms with van der Waals surface area (Å²) >= 11 is 0. The molecule has 0 radical (unpaired) electrons. The molecule has 0 heterocycles. The normalized spacial score (nSPS) is 41.6. The van der Waals surface area contributed by atoms with Crippen molar-refractivity contribution in [3.8, 4) is 0 Å².